The van der Waals surface area contributed by atoms with Crippen LogP contribution in [0.2, 0.25) is 0 Å². The molecule has 4 unspecified atom stereocenters. The van der Waals surface area contributed by atoms with Crippen LogP contribution < -0.4 is 5.32 Å². The molecule has 3 rings (SSSR count). The Bertz CT molecular complexity index is 396. The summed E-state index contributed by atoms with van der Waals surface area (Å²) in [6.07, 6.45) is 7.92. The van der Waals surface area contributed by atoms with Crippen LogP contribution in [0.3, 0.4) is 0 Å². The molecule has 0 aromatic heterocycles. The van der Waals surface area contributed by atoms with Crippen LogP contribution in [0.4, 0.5) is 0 Å². The quantitative estimate of drug-likeness (QED) is 0.854. The number of carbonyl (C=O) groups is 2. The van der Waals surface area contributed by atoms with E-state index in [-0.39, 0.29) is 17.9 Å². The predicted molar refractivity (Wildman–Crippen MR) is 77.0 cm³/mol. The van der Waals surface area contributed by atoms with Gasteiger partial charge >= 0.3 is 0 Å². The van der Waals surface area contributed by atoms with E-state index in [0.717, 1.165) is 37.8 Å². The molecule has 3 aliphatic rings. The molecule has 0 aromatic carbocycles. The van der Waals surface area contributed by atoms with Gasteiger partial charge in [-0.2, -0.15) is 0 Å². The number of hydrogen-bond donors (Lipinski definition) is 1. The van der Waals surface area contributed by atoms with Crippen molar-refractivity contribution in [1.82, 2.24) is 10.2 Å². The fourth-order valence-corrected chi connectivity index (χ4v) is 3.90. The van der Waals surface area contributed by atoms with Crippen molar-refractivity contribution >= 4 is 11.8 Å². The highest BCUT2D eigenvalue weighted by Gasteiger charge is 2.41. The molecular formula is C16H26N2O2. The molecule has 4 nitrogen and oxygen atoms in total. The minimum absolute atomic E-state index is 0.0261. The summed E-state index contributed by atoms with van der Waals surface area (Å²) >= 11 is 0. The van der Waals surface area contributed by atoms with Gasteiger partial charge in [-0.05, 0) is 63.2 Å². The van der Waals surface area contributed by atoms with Crippen molar-refractivity contribution in [3.05, 3.63) is 0 Å². The number of amides is 2. The summed E-state index contributed by atoms with van der Waals surface area (Å²) in [5.74, 6) is 2.78. The number of nitrogens with zero attached hydrogens (tertiary/aromatic N) is 1. The average Bonchev–Trinajstić information content (AvgIpc) is 3.23. The molecule has 2 saturated carbocycles. The molecule has 0 radical (unpaired) electrons. The molecule has 3 fully saturated rings. The van der Waals surface area contributed by atoms with Gasteiger partial charge in [-0.1, -0.05) is 0 Å². The van der Waals surface area contributed by atoms with E-state index < -0.39 is 0 Å². The number of carbonyl (C=O) groups excluding carboxylic acids is 2. The lowest BCUT2D eigenvalue weighted by Crippen LogP contribution is -2.50. The summed E-state index contributed by atoms with van der Waals surface area (Å²) in [6, 6.07) is -0.305. The number of rotatable bonds is 4. The van der Waals surface area contributed by atoms with Crippen LogP contribution in [0, 0.1) is 17.8 Å². The van der Waals surface area contributed by atoms with E-state index in [1.165, 1.54) is 25.7 Å². The summed E-state index contributed by atoms with van der Waals surface area (Å²) in [7, 11) is 0. The molecule has 2 aliphatic carbocycles. The molecule has 0 bridgehead atoms. The SMILES string of the molecule is CC(C(=O)NCC1CCC2CC2C1)N1CCCCC1=O. The molecule has 2 amide bonds. The highest BCUT2D eigenvalue weighted by Crippen LogP contribution is 2.51. The molecule has 1 heterocycles. The summed E-state index contributed by atoms with van der Waals surface area (Å²) in [6.45, 7) is 3.39. The Morgan fingerprint density at radius 2 is 2.15 bits per heavy atom. The van der Waals surface area contributed by atoms with E-state index >= 15 is 0 Å². The maximum Gasteiger partial charge on any atom is 0.242 e. The van der Waals surface area contributed by atoms with E-state index in [4.69, 9.17) is 0 Å². The van der Waals surface area contributed by atoms with Crippen LogP contribution in [0.25, 0.3) is 0 Å². The van der Waals surface area contributed by atoms with E-state index in [0.29, 0.717) is 12.3 Å². The van der Waals surface area contributed by atoms with Crippen molar-refractivity contribution in [1.29, 1.82) is 0 Å². The third-order valence-corrected chi connectivity index (χ3v) is 5.42. The van der Waals surface area contributed by atoms with Gasteiger partial charge in [-0.3, -0.25) is 9.59 Å². The monoisotopic (exact) mass is 278 g/mol. The molecule has 0 spiro atoms. The van der Waals surface area contributed by atoms with Crippen LogP contribution >= 0.6 is 0 Å². The summed E-state index contributed by atoms with van der Waals surface area (Å²) in [5, 5.41) is 3.08. The molecule has 1 saturated heterocycles. The molecule has 20 heavy (non-hydrogen) atoms. The van der Waals surface area contributed by atoms with Gasteiger partial charge in [-0.15, -0.1) is 0 Å². The maximum absolute atomic E-state index is 12.2. The van der Waals surface area contributed by atoms with E-state index in [2.05, 4.69) is 5.32 Å². The Labute approximate surface area is 121 Å². The standard InChI is InChI=1S/C16H26N2O2/c1-11(18-7-3-2-4-15(18)19)16(20)17-10-12-5-6-13-9-14(13)8-12/h11-14H,2-10H2,1H3,(H,17,20). The van der Waals surface area contributed by atoms with Gasteiger partial charge in [0.25, 0.3) is 0 Å². The van der Waals surface area contributed by atoms with Gasteiger partial charge in [-0.25, -0.2) is 0 Å². The molecular weight excluding hydrogens is 252 g/mol. The highest BCUT2D eigenvalue weighted by molar-refractivity contribution is 5.87. The molecule has 112 valence electrons. The zero-order valence-corrected chi connectivity index (χ0v) is 12.4. The summed E-state index contributed by atoms with van der Waals surface area (Å²) < 4.78 is 0. The minimum Gasteiger partial charge on any atom is -0.354 e. The molecule has 1 N–H and O–H groups in total. The topological polar surface area (TPSA) is 49.4 Å². The largest absolute Gasteiger partial charge is 0.354 e. The first-order chi connectivity index (χ1) is 9.65. The zero-order valence-electron chi connectivity index (χ0n) is 12.4. The van der Waals surface area contributed by atoms with Crippen molar-refractivity contribution < 1.29 is 9.59 Å². The van der Waals surface area contributed by atoms with Crippen LogP contribution in [-0.4, -0.2) is 35.8 Å². The molecule has 4 heteroatoms. The molecule has 0 aromatic rings. The number of hydrogen-bond acceptors (Lipinski definition) is 2. The predicted octanol–water partition coefficient (Wildman–Crippen LogP) is 1.94. The first-order valence-electron chi connectivity index (χ1n) is 8.22. The fourth-order valence-electron chi connectivity index (χ4n) is 3.90. The van der Waals surface area contributed by atoms with Gasteiger partial charge in [0.15, 0.2) is 0 Å². The molecule has 1 aliphatic heterocycles. The normalized spacial score (nSPS) is 34.4. The zero-order chi connectivity index (χ0) is 14.1. The Morgan fingerprint density at radius 3 is 2.90 bits per heavy atom. The second-order valence-corrected chi connectivity index (χ2v) is 6.90. The number of piperidine rings is 1. The first-order valence-corrected chi connectivity index (χ1v) is 8.22. The van der Waals surface area contributed by atoms with E-state index in [1.807, 2.05) is 6.92 Å². The Morgan fingerprint density at radius 1 is 1.30 bits per heavy atom. The number of fused-ring (bicyclic) bond motifs is 1. The minimum atomic E-state index is -0.305. The van der Waals surface area contributed by atoms with Gasteiger partial charge in [0.2, 0.25) is 11.8 Å². The lowest BCUT2D eigenvalue weighted by Gasteiger charge is -2.32. The third-order valence-electron chi connectivity index (χ3n) is 5.42. The Hall–Kier alpha value is -1.06. The third kappa shape index (κ3) is 2.99. The van der Waals surface area contributed by atoms with Crippen LogP contribution in [-0.2, 0) is 9.59 Å². The van der Waals surface area contributed by atoms with Gasteiger partial charge < -0.3 is 10.2 Å². The van der Waals surface area contributed by atoms with Crippen LogP contribution in [0.5, 0.6) is 0 Å². The Balaban J connectivity index is 1.44. The van der Waals surface area contributed by atoms with E-state index in [9.17, 15) is 9.59 Å². The maximum atomic E-state index is 12.2. The smallest absolute Gasteiger partial charge is 0.242 e. The first kappa shape index (κ1) is 13.9. The second-order valence-electron chi connectivity index (χ2n) is 6.90. The number of nitrogens with one attached hydrogen (secondary N) is 1. The van der Waals surface area contributed by atoms with E-state index in [1.54, 1.807) is 4.90 Å². The van der Waals surface area contributed by atoms with Crippen molar-refractivity contribution in [2.75, 3.05) is 13.1 Å². The van der Waals surface area contributed by atoms with Crippen LogP contribution in [0.15, 0.2) is 0 Å². The lowest BCUT2D eigenvalue weighted by atomic mass is 9.89. The summed E-state index contributed by atoms with van der Waals surface area (Å²) in [5.41, 5.74) is 0. The van der Waals surface area contributed by atoms with Crippen LogP contribution in [0.1, 0.15) is 51.9 Å². The average molecular weight is 278 g/mol. The van der Waals surface area contributed by atoms with Crippen molar-refractivity contribution in [3.8, 4) is 0 Å². The second kappa shape index (κ2) is 5.74. The summed E-state index contributed by atoms with van der Waals surface area (Å²) in [4.78, 5) is 25.8. The Kier molecular flexibility index (Phi) is 3.99. The van der Waals surface area contributed by atoms with Gasteiger partial charge in [0, 0.05) is 19.5 Å². The lowest BCUT2D eigenvalue weighted by molar-refractivity contribution is -0.141. The van der Waals surface area contributed by atoms with Crippen molar-refractivity contribution in [3.63, 3.8) is 0 Å². The fraction of sp³-hybridized carbons (Fsp3) is 0.875. The van der Waals surface area contributed by atoms with Crippen molar-refractivity contribution in [2.24, 2.45) is 17.8 Å². The number of likely N-dealkylation sites (tertiary alicyclic amines) is 1. The molecule has 4 atom stereocenters. The van der Waals surface area contributed by atoms with Crippen molar-refractivity contribution in [2.45, 2.75) is 57.9 Å². The van der Waals surface area contributed by atoms with Gasteiger partial charge in [0.1, 0.15) is 6.04 Å². The highest BCUT2D eigenvalue weighted by atomic mass is 16.2. The van der Waals surface area contributed by atoms with Gasteiger partial charge in [0.05, 0.1) is 0 Å².